The second-order valence-corrected chi connectivity index (χ2v) is 7.85. The van der Waals surface area contributed by atoms with Crippen molar-refractivity contribution in [2.75, 3.05) is 0 Å². The van der Waals surface area contributed by atoms with Crippen molar-refractivity contribution in [1.82, 2.24) is 18.7 Å². The smallest absolute Gasteiger partial charge is 0.320 e. The van der Waals surface area contributed by atoms with E-state index in [2.05, 4.69) is 4.98 Å². The fourth-order valence-electron chi connectivity index (χ4n) is 4.40. The molecule has 1 fully saturated rings. The molecule has 0 unspecified atom stereocenters. The minimum absolute atomic E-state index is 0.00445. The number of halogens is 2. The summed E-state index contributed by atoms with van der Waals surface area (Å²) in [5.41, 5.74) is 0.414. The highest BCUT2D eigenvalue weighted by Crippen LogP contribution is 2.28. The molecule has 0 radical (unpaired) electrons. The van der Waals surface area contributed by atoms with Crippen molar-refractivity contribution in [2.24, 2.45) is 0 Å². The zero-order chi connectivity index (χ0) is 21.5. The van der Waals surface area contributed by atoms with Gasteiger partial charge in [0.25, 0.3) is 5.56 Å². The summed E-state index contributed by atoms with van der Waals surface area (Å²) in [7, 11) is 0. The van der Waals surface area contributed by atoms with Crippen LogP contribution in [0.1, 0.15) is 37.3 Å². The van der Waals surface area contributed by atoms with Gasteiger partial charge in [0.15, 0.2) is 11.2 Å². The average molecular weight is 422 g/mol. The zero-order valence-corrected chi connectivity index (χ0v) is 16.7. The third-order valence-electron chi connectivity index (χ3n) is 5.91. The number of rotatable bonds is 4. The predicted molar refractivity (Wildman–Crippen MR) is 113 cm³/mol. The molecule has 4 aromatic rings. The van der Waals surface area contributed by atoms with Crippen LogP contribution in [0.2, 0.25) is 0 Å². The zero-order valence-electron chi connectivity index (χ0n) is 16.7. The molecule has 0 spiro atoms. The number of aromatic nitrogens is 4. The van der Waals surface area contributed by atoms with Gasteiger partial charge in [0.2, 0.25) is 0 Å². The summed E-state index contributed by atoms with van der Waals surface area (Å²) >= 11 is 0. The first kappa shape index (κ1) is 19.4. The summed E-state index contributed by atoms with van der Waals surface area (Å²) in [5.74, 6) is -1.37. The molecule has 1 saturated carbocycles. The molecule has 1 aliphatic rings. The lowest BCUT2D eigenvalue weighted by atomic mass is 10.2. The molecular formula is C23H20F2N4O2. The topological polar surface area (TPSA) is 61.8 Å². The summed E-state index contributed by atoms with van der Waals surface area (Å²) in [6.45, 7) is -0.00445. The first-order valence-electron chi connectivity index (χ1n) is 10.3. The minimum atomic E-state index is -0.700. The van der Waals surface area contributed by atoms with E-state index in [4.69, 9.17) is 0 Å². The minimum Gasteiger partial charge on any atom is -0.320 e. The summed E-state index contributed by atoms with van der Waals surface area (Å²) in [6.07, 6.45) is 4.86. The van der Waals surface area contributed by atoms with Gasteiger partial charge in [0.1, 0.15) is 11.6 Å². The van der Waals surface area contributed by atoms with E-state index in [0.717, 1.165) is 31.7 Å². The molecule has 5 rings (SSSR count). The molecule has 0 atom stereocenters. The SMILES string of the molecule is O=c1c2c(ncn2Cc2ccc(F)cc2F)n(-c2ccccc2)c(=O)n1C1CCCC1. The molecule has 0 saturated heterocycles. The van der Waals surface area contributed by atoms with Crippen LogP contribution in [0.5, 0.6) is 0 Å². The van der Waals surface area contributed by atoms with Crippen LogP contribution in [0, 0.1) is 11.6 Å². The largest absolute Gasteiger partial charge is 0.337 e. The van der Waals surface area contributed by atoms with Crippen molar-refractivity contribution >= 4 is 11.2 Å². The summed E-state index contributed by atoms with van der Waals surface area (Å²) in [4.78, 5) is 31.2. The number of benzene rings is 2. The van der Waals surface area contributed by atoms with E-state index in [1.54, 1.807) is 12.1 Å². The highest BCUT2D eigenvalue weighted by molar-refractivity contribution is 5.72. The van der Waals surface area contributed by atoms with E-state index in [1.807, 2.05) is 18.2 Å². The number of fused-ring (bicyclic) bond motifs is 1. The lowest BCUT2D eigenvalue weighted by Crippen LogP contribution is -2.41. The third-order valence-corrected chi connectivity index (χ3v) is 5.91. The van der Waals surface area contributed by atoms with E-state index in [-0.39, 0.29) is 29.3 Å². The van der Waals surface area contributed by atoms with Crippen LogP contribution in [0.4, 0.5) is 8.78 Å². The van der Waals surface area contributed by atoms with E-state index < -0.39 is 22.9 Å². The van der Waals surface area contributed by atoms with Crippen molar-refractivity contribution in [3.8, 4) is 5.69 Å². The standard InChI is InChI=1S/C23H20F2N4O2/c24-16-11-10-15(19(25)12-16)13-27-14-26-21-20(27)22(30)29(18-8-4-5-9-18)23(31)28(21)17-6-2-1-3-7-17/h1-3,6-7,10-12,14,18H,4-5,8-9,13H2. The Morgan fingerprint density at radius 1 is 1.00 bits per heavy atom. The maximum absolute atomic E-state index is 14.3. The average Bonchev–Trinajstić information content (AvgIpc) is 3.42. The Morgan fingerprint density at radius 3 is 2.45 bits per heavy atom. The number of para-hydroxylation sites is 1. The molecule has 8 heteroatoms. The van der Waals surface area contributed by atoms with E-state index in [0.29, 0.717) is 5.69 Å². The van der Waals surface area contributed by atoms with Crippen molar-refractivity contribution in [2.45, 2.75) is 38.3 Å². The van der Waals surface area contributed by atoms with Crippen LogP contribution in [-0.2, 0) is 6.54 Å². The molecule has 1 aliphatic carbocycles. The van der Waals surface area contributed by atoms with Gasteiger partial charge in [-0.25, -0.2) is 23.1 Å². The second kappa shape index (κ2) is 7.61. The molecule has 6 nitrogen and oxygen atoms in total. The van der Waals surface area contributed by atoms with Crippen LogP contribution < -0.4 is 11.2 Å². The summed E-state index contributed by atoms with van der Waals surface area (Å²) in [6, 6.07) is 12.2. The van der Waals surface area contributed by atoms with Crippen LogP contribution in [0.3, 0.4) is 0 Å². The summed E-state index contributed by atoms with van der Waals surface area (Å²) in [5, 5.41) is 0. The van der Waals surface area contributed by atoms with Gasteiger partial charge in [-0.2, -0.15) is 0 Å². The molecule has 2 heterocycles. The third kappa shape index (κ3) is 3.28. The lowest BCUT2D eigenvalue weighted by molar-refractivity contribution is 0.474. The summed E-state index contributed by atoms with van der Waals surface area (Å²) < 4.78 is 31.9. The van der Waals surface area contributed by atoms with Gasteiger partial charge in [-0.3, -0.25) is 9.36 Å². The van der Waals surface area contributed by atoms with Crippen LogP contribution in [0.25, 0.3) is 16.9 Å². The Bertz CT molecular complexity index is 1380. The molecular weight excluding hydrogens is 402 g/mol. The first-order valence-corrected chi connectivity index (χ1v) is 10.3. The monoisotopic (exact) mass is 422 g/mol. The van der Waals surface area contributed by atoms with Gasteiger partial charge in [-0.1, -0.05) is 37.1 Å². The van der Waals surface area contributed by atoms with Gasteiger partial charge < -0.3 is 4.57 Å². The predicted octanol–water partition coefficient (Wildman–Crippen LogP) is 3.79. The fraction of sp³-hybridized carbons (Fsp3) is 0.261. The van der Waals surface area contributed by atoms with Crippen LogP contribution in [0.15, 0.2) is 64.4 Å². The van der Waals surface area contributed by atoms with Crippen molar-refractivity contribution in [3.05, 3.63) is 92.9 Å². The van der Waals surface area contributed by atoms with Crippen LogP contribution >= 0.6 is 0 Å². The highest BCUT2D eigenvalue weighted by Gasteiger charge is 2.26. The van der Waals surface area contributed by atoms with E-state index in [1.165, 1.54) is 32.2 Å². The Hall–Kier alpha value is -3.55. The van der Waals surface area contributed by atoms with Crippen molar-refractivity contribution in [1.29, 1.82) is 0 Å². The molecule has 2 aromatic carbocycles. The van der Waals surface area contributed by atoms with Gasteiger partial charge >= 0.3 is 5.69 Å². The Morgan fingerprint density at radius 2 is 1.74 bits per heavy atom. The molecule has 31 heavy (non-hydrogen) atoms. The highest BCUT2D eigenvalue weighted by atomic mass is 19.1. The number of nitrogens with zero attached hydrogens (tertiary/aromatic N) is 4. The number of imidazole rings is 1. The number of hydrogen-bond donors (Lipinski definition) is 0. The Labute approximate surface area is 176 Å². The van der Waals surface area contributed by atoms with Gasteiger partial charge in [-0.15, -0.1) is 0 Å². The normalized spacial score (nSPS) is 14.5. The molecule has 0 aliphatic heterocycles. The van der Waals surface area contributed by atoms with Gasteiger partial charge in [-0.05, 0) is 31.0 Å². The molecule has 158 valence electrons. The fourth-order valence-corrected chi connectivity index (χ4v) is 4.40. The second-order valence-electron chi connectivity index (χ2n) is 7.85. The van der Waals surface area contributed by atoms with Crippen molar-refractivity contribution in [3.63, 3.8) is 0 Å². The molecule has 0 bridgehead atoms. The van der Waals surface area contributed by atoms with E-state index in [9.17, 15) is 18.4 Å². The maximum atomic E-state index is 14.3. The van der Waals surface area contributed by atoms with Crippen LogP contribution in [-0.4, -0.2) is 18.7 Å². The number of hydrogen-bond acceptors (Lipinski definition) is 3. The Kier molecular flexibility index (Phi) is 4.77. The van der Waals surface area contributed by atoms with Crippen molar-refractivity contribution < 1.29 is 8.78 Å². The quantitative estimate of drug-likeness (QED) is 0.503. The van der Waals surface area contributed by atoms with E-state index >= 15 is 0 Å². The van der Waals surface area contributed by atoms with Gasteiger partial charge in [0, 0.05) is 17.7 Å². The first-order chi connectivity index (χ1) is 15.0. The lowest BCUT2D eigenvalue weighted by Gasteiger charge is -2.17. The molecule has 2 aromatic heterocycles. The molecule has 0 amide bonds. The van der Waals surface area contributed by atoms with Gasteiger partial charge in [0.05, 0.1) is 18.6 Å². The maximum Gasteiger partial charge on any atom is 0.337 e. The Balaban J connectivity index is 1.77. The molecule has 0 N–H and O–H groups in total.